The van der Waals surface area contributed by atoms with Crippen molar-refractivity contribution in [2.24, 2.45) is 10.9 Å². The normalized spacial score (nSPS) is 15.8. The van der Waals surface area contributed by atoms with Crippen LogP contribution in [0, 0.1) is 5.92 Å². The van der Waals surface area contributed by atoms with E-state index < -0.39 is 0 Å². The molecule has 1 aliphatic heterocycles. The average molecular weight is 447 g/mol. The molecular formula is C17H26IN3O3. The summed E-state index contributed by atoms with van der Waals surface area (Å²) in [7, 11) is 1.78. The Morgan fingerprint density at radius 2 is 2.08 bits per heavy atom. The maximum Gasteiger partial charge on any atom is 0.231 e. The standard InChI is InChI=1S/C17H25N3O3.HI/c1-18-17(19-7-2-8-21-11-13-3-4-13)20-10-14-5-6-15-16(9-14)23-12-22-15;/h5-6,9,13H,2-4,7-8,10-12H2,1H3,(H2,18,19,20);1H. The Labute approximate surface area is 160 Å². The smallest absolute Gasteiger partial charge is 0.231 e. The minimum absolute atomic E-state index is 0. The molecular weight excluding hydrogens is 421 g/mol. The molecule has 1 saturated carbocycles. The largest absolute Gasteiger partial charge is 0.454 e. The molecule has 0 saturated heterocycles. The molecule has 0 amide bonds. The van der Waals surface area contributed by atoms with Crippen LogP contribution < -0.4 is 20.1 Å². The van der Waals surface area contributed by atoms with Crippen molar-refractivity contribution < 1.29 is 14.2 Å². The van der Waals surface area contributed by atoms with Gasteiger partial charge in [0.15, 0.2) is 17.5 Å². The lowest BCUT2D eigenvalue weighted by atomic mass is 10.2. The van der Waals surface area contributed by atoms with E-state index in [1.165, 1.54) is 12.8 Å². The van der Waals surface area contributed by atoms with E-state index in [1.54, 1.807) is 7.05 Å². The summed E-state index contributed by atoms with van der Waals surface area (Å²) in [4.78, 5) is 4.23. The van der Waals surface area contributed by atoms with Gasteiger partial charge in [0.05, 0.1) is 0 Å². The Morgan fingerprint density at radius 1 is 1.25 bits per heavy atom. The molecule has 134 valence electrons. The number of aliphatic imine (C=N–C) groups is 1. The maximum atomic E-state index is 5.62. The van der Waals surface area contributed by atoms with E-state index in [0.717, 1.165) is 55.1 Å². The molecule has 0 spiro atoms. The van der Waals surface area contributed by atoms with Crippen LogP contribution in [0.1, 0.15) is 24.8 Å². The maximum absolute atomic E-state index is 5.62. The molecule has 0 unspecified atom stereocenters. The summed E-state index contributed by atoms with van der Waals surface area (Å²) in [5.74, 6) is 3.24. The van der Waals surface area contributed by atoms with Crippen molar-refractivity contribution in [1.29, 1.82) is 0 Å². The minimum atomic E-state index is 0. The molecule has 7 heteroatoms. The molecule has 1 aromatic carbocycles. The number of nitrogens with one attached hydrogen (secondary N) is 2. The van der Waals surface area contributed by atoms with Crippen LogP contribution >= 0.6 is 24.0 Å². The number of hydrogen-bond donors (Lipinski definition) is 2. The monoisotopic (exact) mass is 447 g/mol. The van der Waals surface area contributed by atoms with E-state index in [9.17, 15) is 0 Å². The van der Waals surface area contributed by atoms with Crippen molar-refractivity contribution in [2.75, 3.05) is 33.6 Å². The van der Waals surface area contributed by atoms with Crippen LogP contribution in [0.15, 0.2) is 23.2 Å². The summed E-state index contributed by atoms with van der Waals surface area (Å²) < 4.78 is 16.3. The molecule has 2 N–H and O–H groups in total. The number of benzene rings is 1. The number of ether oxygens (including phenoxy) is 3. The minimum Gasteiger partial charge on any atom is -0.454 e. The van der Waals surface area contributed by atoms with Gasteiger partial charge in [-0.2, -0.15) is 0 Å². The summed E-state index contributed by atoms with van der Waals surface area (Å²) in [5.41, 5.74) is 1.13. The Balaban J connectivity index is 0.00000208. The van der Waals surface area contributed by atoms with Crippen LogP contribution in [-0.2, 0) is 11.3 Å². The first kappa shape index (κ1) is 19.1. The predicted molar refractivity (Wildman–Crippen MR) is 104 cm³/mol. The highest BCUT2D eigenvalue weighted by atomic mass is 127. The Hall–Kier alpha value is -1.22. The lowest BCUT2D eigenvalue weighted by Gasteiger charge is -2.12. The molecule has 3 rings (SSSR count). The first-order valence-electron chi connectivity index (χ1n) is 8.26. The molecule has 0 aromatic heterocycles. The molecule has 2 aliphatic rings. The van der Waals surface area contributed by atoms with Crippen LogP contribution in [0.3, 0.4) is 0 Å². The van der Waals surface area contributed by atoms with Crippen molar-refractivity contribution >= 4 is 29.9 Å². The van der Waals surface area contributed by atoms with Gasteiger partial charge in [0, 0.05) is 33.4 Å². The fourth-order valence-corrected chi connectivity index (χ4v) is 2.37. The van der Waals surface area contributed by atoms with Crippen molar-refractivity contribution in [1.82, 2.24) is 10.6 Å². The zero-order valence-electron chi connectivity index (χ0n) is 14.0. The van der Waals surface area contributed by atoms with E-state index in [4.69, 9.17) is 14.2 Å². The SMILES string of the molecule is CN=C(NCCCOCC1CC1)NCc1ccc2c(c1)OCO2.I. The zero-order chi connectivity index (χ0) is 15.9. The zero-order valence-corrected chi connectivity index (χ0v) is 16.4. The highest BCUT2D eigenvalue weighted by molar-refractivity contribution is 14.0. The third-order valence-corrected chi connectivity index (χ3v) is 3.93. The van der Waals surface area contributed by atoms with Crippen LogP contribution in [0.4, 0.5) is 0 Å². The van der Waals surface area contributed by atoms with Crippen LogP contribution in [-0.4, -0.2) is 39.6 Å². The quantitative estimate of drug-likeness (QED) is 0.278. The number of nitrogens with zero attached hydrogens (tertiary/aromatic N) is 1. The third-order valence-electron chi connectivity index (χ3n) is 3.93. The highest BCUT2D eigenvalue weighted by Gasteiger charge is 2.20. The first-order valence-corrected chi connectivity index (χ1v) is 8.26. The molecule has 1 aromatic rings. The topological polar surface area (TPSA) is 64.1 Å². The van der Waals surface area contributed by atoms with Crippen molar-refractivity contribution in [3.8, 4) is 11.5 Å². The Kier molecular flexibility index (Phi) is 7.90. The van der Waals surface area contributed by atoms with Gasteiger partial charge in [-0.1, -0.05) is 6.07 Å². The highest BCUT2D eigenvalue weighted by Crippen LogP contribution is 2.32. The van der Waals surface area contributed by atoms with Gasteiger partial charge < -0.3 is 24.8 Å². The second-order valence-corrected chi connectivity index (χ2v) is 5.91. The van der Waals surface area contributed by atoms with Crippen LogP contribution in [0.5, 0.6) is 11.5 Å². The predicted octanol–water partition coefficient (Wildman–Crippen LogP) is 2.52. The summed E-state index contributed by atoms with van der Waals surface area (Å²) in [6.45, 7) is 3.58. The molecule has 1 heterocycles. The fourth-order valence-electron chi connectivity index (χ4n) is 2.37. The number of rotatable bonds is 8. The molecule has 1 fully saturated rings. The van der Waals surface area contributed by atoms with Gasteiger partial charge in [-0.15, -0.1) is 24.0 Å². The van der Waals surface area contributed by atoms with Gasteiger partial charge in [0.2, 0.25) is 6.79 Å². The van der Waals surface area contributed by atoms with Crippen LogP contribution in [0.25, 0.3) is 0 Å². The van der Waals surface area contributed by atoms with Crippen molar-refractivity contribution in [3.05, 3.63) is 23.8 Å². The molecule has 0 radical (unpaired) electrons. The van der Waals surface area contributed by atoms with E-state index in [-0.39, 0.29) is 24.0 Å². The number of fused-ring (bicyclic) bond motifs is 1. The van der Waals surface area contributed by atoms with Crippen molar-refractivity contribution in [2.45, 2.75) is 25.8 Å². The number of guanidine groups is 1. The first-order chi connectivity index (χ1) is 11.3. The molecule has 0 bridgehead atoms. The van der Waals surface area contributed by atoms with Gasteiger partial charge in [0.1, 0.15) is 0 Å². The molecule has 1 aliphatic carbocycles. The van der Waals surface area contributed by atoms with Gasteiger partial charge in [-0.05, 0) is 42.9 Å². The summed E-state index contributed by atoms with van der Waals surface area (Å²) in [5, 5.41) is 6.60. The summed E-state index contributed by atoms with van der Waals surface area (Å²) in [6.07, 6.45) is 3.67. The van der Waals surface area contributed by atoms with Crippen molar-refractivity contribution in [3.63, 3.8) is 0 Å². The van der Waals surface area contributed by atoms with Gasteiger partial charge in [-0.3, -0.25) is 4.99 Å². The number of halogens is 1. The van der Waals surface area contributed by atoms with Gasteiger partial charge in [0.25, 0.3) is 0 Å². The van der Waals surface area contributed by atoms with Crippen LogP contribution in [0.2, 0.25) is 0 Å². The fraction of sp³-hybridized carbons (Fsp3) is 0.588. The van der Waals surface area contributed by atoms with E-state index >= 15 is 0 Å². The third kappa shape index (κ3) is 6.01. The summed E-state index contributed by atoms with van der Waals surface area (Å²) >= 11 is 0. The number of hydrogen-bond acceptors (Lipinski definition) is 4. The van der Waals surface area contributed by atoms with E-state index in [1.807, 2.05) is 18.2 Å². The second kappa shape index (κ2) is 9.93. The van der Waals surface area contributed by atoms with Gasteiger partial charge >= 0.3 is 0 Å². The van der Waals surface area contributed by atoms with E-state index in [0.29, 0.717) is 13.3 Å². The summed E-state index contributed by atoms with van der Waals surface area (Å²) in [6, 6.07) is 5.96. The lowest BCUT2D eigenvalue weighted by molar-refractivity contribution is 0.123. The molecule has 6 nitrogen and oxygen atoms in total. The average Bonchev–Trinajstić information content (AvgIpc) is 3.28. The van der Waals surface area contributed by atoms with E-state index in [2.05, 4.69) is 15.6 Å². The van der Waals surface area contributed by atoms with Gasteiger partial charge in [-0.25, -0.2) is 0 Å². The lowest BCUT2D eigenvalue weighted by Crippen LogP contribution is -2.37. The molecule has 24 heavy (non-hydrogen) atoms. The Bertz CT molecular complexity index is 550. The Morgan fingerprint density at radius 3 is 2.88 bits per heavy atom. The molecule has 0 atom stereocenters. The second-order valence-electron chi connectivity index (χ2n) is 5.91.